The maximum absolute atomic E-state index is 11.7. The van der Waals surface area contributed by atoms with Crippen molar-refractivity contribution in [2.24, 2.45) is 7.05 Å². The minimum atomic E-state index is -0.299. The Kier molecular flexibility index (Phi) is 4.35. The third-order valence-corrected chi connectivity index (χ3v) is 2.50. The summed E-state index contributed by atoms with van der Waals surface area (Å²) >= 11 is 0. The number of rotatable bonds is 3. The van der Waals surface area contributed by atoms with Gasteiger partial charge in [0.15, 0.2) is 5.69 Å². The van der Waals surface area contributed by atoms with E-state index in [2.05, 4.69) is 27.5 Å². The van der Waals surface area contributed by atoms with Crippen molar-refractivity contribution >= 4 is 5.91 Å². The molecule has 1 N–H and O–H groups in total. The summed E-state index contributed by atoms with van der Waals surface area (Å²) in [5.41, 5.74) is 1.05. The molecule has 1 amide bonds. The third kappa shape index (κ3) is 3.36. The number of para-hydroxylation sites is 1. The topological polar surface area (TPSA) is 69.0 Å². The Morgan fingerprint density at radius 3 is 2.95 bits per heavy atom. The monoisotopic (exact) mass is 270 g/mol. The van der Waals surface area contributed by atoms with Crippen LogP contribution < -0.4 is 10.1 Å². The average molecular weight is 270 g/mol. The predicted octanol–water partition coefficient (Wildman–Crippen LogP) is 0.605. The fourth-order valence-corrected chi connectivity index (χ4v) is 1.55. The van der Waals surface area contributed by atoms with E-state index in [9.17, 15) is 4.79 Å². The molecule has 2 rings (SSSR count). The smallest absolute Gasteiger partial charge is 0.274 e. The van der Waals surface area contributed by atoms with Crippen molar-refractivity contribution in [1.82, 2.24) is 20.3 Å². The molecule has 20 heavy (non-hydrogen) atoms. The fourth-order valence-electron chi connectivity index (χ4n) is 1.55. The summed E-state index contributed by atoms with van der Waals surface area (Å²) in [6.45, 7) is 0.230. The van der Waals surface area contributed by atoms with Gasteiger partial charge < -0.3 is 10.1 Å². The number of methoxy groups -OCH3 is 1. The molecule has 0 aliphatic carbocycles. The number of carbonyl (C=O) groups is 1. The van der Waals surface area contributed by atoms with Crippen molar-refractivity contribution in [2.75, 3.05) is 13.7 Å². The highest BCUT2D eigenvalue weighted by Gasteiger charge is 2.07. The van der Waals surface area contributed by atoms with Crippen LogP contribution in [0.3, 0.4) is 0 Å². The van der Waals surface area contributed by atoms with Crippen molar-refractivity contribution in [1.29, 1.82) is 0 Å². The van der Waals surface area contributed by atoms with Crippen molar-refractivity contribution in [3.05, 3.63) is 41.7 Å². The zero-order valence-corrected chi connectivity index (χ0v) is 11.3. The summed E-state index contributed by atoms with van der Waals surface area (Å²) in [6.07, 6.45) is 1.54. The van der Waals surface area contributed by atoms with E-state index in [1.165, 1.54) is 4.68 Å². The largest absolute Gasteiger partial charge is 0.495 e. The Bertz CT molecular complexity index is 667. The molecular weight excluding hydrogens is 256 g/mol. The first-order valence-electron chi connectivity index (χ1n) is 5.97. The molecule has 0 aliphatic heterocycles. The number of nitrogens with zero attached hydrogens (tertiary/aromatic N) is 3. The predicted molar refractivity (Wildman–Crippen MR) is 73.2 cm³/mol. The van der Waals surface area contributed by atoms with E-state index in [1.807, 2.05) is 24.3 Å². The second-order valence-corrected chi connectivity index (χ2v) is 3.96. The van der Waals surface area contributed by atoms with Gasteiger partial charge in [0.2, 0.25) is 0 Å². The van der Waals surface area contributed by atoms with Gasteiger partial charge in [-0.2, -0.15) is 0 Å². The van der Waals surface area contributed by atoms with E-state index in [-0.39, 0.29) is 18.1 Å². The van der Waals surface area contributed by atoms with E-state index < -0.39 is 0 Å². The Balaban J connectivity index is 1.93. The summed E-state index contributed by atoms with van der Waals surface area (Å²) in [5.74, 6) is 6.22. The van der Waals surface area contributed by atoms with Crippen molar-refractivity contribution in [2.45, 2.75) is 0 Å². The molecule has 6 heteroatoms. The highest BCUT2D eigenvalue weighted by molar-refractivity contribution is 5.91. The Labute approximate surface area is 116 Å². The first kappa shape index (κ1) is 13.6. The molecular formula is C14H14N4O2. The van der Waals surface area contributed by atoms with E-state index >= 15 is 0 Å². The molecule has 102 valence electrons. The summed E-state index contributed by atoms with van der Waals surface area (Å²) in [6, 6.07) is 7.45. The lowest BCUT2D eigenvalue weighted by molar-refractivity contribution is 0.0953. The van der Waals surface area contributed by atoms with Crippen LogP contribution in [0.4, 0.5) is 0 Å². The van der Waals surface area contributed by atoms with E-state index in [0.29, 0.717) is 5.75 Å². The number of hydrogen-bond acceptors (Lipinski definition) is 4. The second-order valence-electron chi connectivity index (χ2n) is 3.96. The van der Waals surface area contributed by atoms with Crippen LogP contribution in [0.1, 0.15) is 16.1 Å². The van der Waals surface area contributed by atoms with E-state index in [4.69, 9.17) is 4.74 Å². The maximum atomic E-state index is 11.7. The molecule has 0 saturated heterocycles. The number of ether oxygens (including phenoxy) is 1. The molecule has 0 atom stereocenters. The van der Waals surface area contributed by atoms with Crippen LogP contribution in [0.2, 0.25) is 0 Å². The van der Waals surface area contributed by atoms with Crippen molar-refractivity contribution < 1.29 is 9.53 Å². The number of aryl methyl sites for hydroxylation is 1. The number of aromatic nitrogens is 3. The lowest BCUT2D eigenvalue weighted by Gasteiger charge is -2.01. The van der Waals surface area contributed by atoms with Gasteiger partial charge in [-0.15, -0.1) is 5.10 Å². The Morgan fingerprint density at radius 1 is 1.45 bits per heavy atom. The van der Waals surface area contributed by atoms with Crippen LogP contribution in [0, 0.1) is 11.8 Å². The van der Waals surface area contributed by atoms with Crippen LogP contribution >= 0.6 is 0 Å². The first-order chi connectivity index (χ1) is 9.70. The van der Waals surface area contributed by atoms with E-state index in [1.54, 1.807) is 20.4 Å². The standard InChI is InChI=1S/C14H14N4O2/c1-18-10-12(16-17-18)14(19)15-9-5-7-11-6-3-4-8-13(11)20-2/h3-4,6,8,10H,9H2,1-2H3,(H,15,19). The molecule has 0 fully saturated rings. The van der Waals surface area contributed by atoms with E-state index in [0.717, 1.165) is 5.56 Å². The van der Waals surface area contributed by atoms with Crippen LogP contribution in [-0.2, 0) is 7.05 Å². The van der Waals surface area contributed by atoms with Crippen molar-refractivity contribution in [3.63, 3.8) is 0 Å². The lowest BCUT2D eigenvalue weighted by Crippen LogP contribution is -2.23. The minimum absolute atomic E-state index is 0.230. The van der Waals surface area contributed by atoms with Gasteiger partial charge in [0.25, 0.3) is 5.91 Å². The molecule has 0 spiro atoms. The first-order valence-corrected chi connectivity index (χ1v) is 5.97. The van der Waals surface area contributed by atoms with Gasteiger partial charge in [0.1, 0.15) is 5.75 Å². The van der Waals surface area contributed by atoms with Gasteiger partial charge in [-0.1, -0.05) is 29.2 Å². The number of benzene rings is 1. The number of amides is 1. The second kappa shape index (κ2) is 6.38. The molecule has 0 radical (unpaired) electrons. The summed E-state index contributed by atoms with van der Waals surface area (Å²) in [7, 11) is 3.29. The molecule has 2 aromatic rings. The summed E-state index contributed by atoms with van der Waals surface area (Å²) in [5, 5.41) is 10.1. The number of carbonyl (C=O) groups excluding carboxylic acids is 1. The van der Waals surface area contributed by atoms with Gasteiger partial charge >= 0.3 is 0 Å². The minimum Gasteiger partial charge on any atom is -0.495 e. The molecule has 0 aliphatic rings. The summed E-state index contributed by atoms with van der Waals surface area (Å²) in [4.78, 5) is 11.7. The molecule has 1 heterocycles. The van der Waals surface area contributed by atoms with Crippen LogP contribution in [0.25, 0.3) is 0 Å². The molecule has 0 saturated carbocycles. The van der Waals surface area contributed by atoms with Gasteiger partial charge in [-0.05, 0) is 12.1 Å². The molecule has 0 bridgehead atoms. The zero-order valence-electron chi connectivity index (χ0n) is 11.3. The third-order valence-electron chi connectivity index (χ3n) is 2.50. The van der Waals surface area contributed by atoms with Crippen LogP contribution in [-0.4, -0.2) is 34.6 Å². The molecule has 1 aromatic heterocycles. The van der Waals surface area contributed by atoms with Crippen molar-refractivity contribution in [3.8, 4) is 17.6 Å². The lowest BCUT2D eigenvalue weighted by atomic mass is 10.2. The maximum Gasteiger partial charge on any atom is 0.274 e. The highest BCUT2D eigenvalue weighted by atomic mass is 16.5. The van der Waals surface area contributed by atoms with Gasteiger partial charge in [0.05, 0.1) is 25.4 Å². The fraction of sp³-hybridized carbons (Fsp3) is 0.214. The van der Waals surface area contributed by atoms with Gasteiger partial charge in [-0.3, -0.25) is 9.48 Å². The van der Waals surface area contributed by atoms with Gasteiger partial charge in [-0.25, -0.2) is 0 Å². The Hall–Kier alpha value is -2.81. The zero-order chi connectivity index (χ0) is 14.4. The SMILES string of the molecule is COc1ccccc1C#CCNC(=O)c1cn(C)nn1. The molecule has 0 unspecified atom stereocenters. The molecule has 1 aromatic carbocycles. The Morgan fingerprint density at radius 2 is 2.25 bits per heavy atom. The normalized spacial score (nSPS) is 9.50. The van der Waals surface area contributed by atoms with Crippen LogP contribution in [0.15, 0.2) is 30.5 Å². The van der Waals surface area contributed by atoms with Gasteiger partial charge in [0, 0.05) is 7.05 Å². The van der Waals surface area contributed by atoms with Crippen LogP contribution in [0.5, 0.6) is 5.75 Å². The highest BCUT2D eigenvalue weighted by Crippen LogP contribution is 2.15. The molecule has 6 nitrogen and oxygen atoms in total. The number of nitrogens with one attached hydrogen (secondary N) is 1. The summed E-state index contributed by atoms with van der Waals surface area (Å²) < 4.78 is 6.65. The number of hydrogen-bond donors (Lipinski definition) is 1. The average Bonchev–Trinajstić information content (AvgIpc) is 2.90. The quantitative estimate of drug-likeness (QED) is 0.829.